The standard InChI is InChI=1S/C17H26N2O2/c1-4-9-19(11-15-8-10-21-12-15)17(20)18-16-13(2)6-5-7-14(16)3/h5-7,15H,4,8-12H2,1-3H3,(H,18,20). The molecule has 4 nitrogen and oxygen atoms in total. The molecular formula is C17H26N2O2. The maximum Gasteiger partial charge on any atom is 0.321 e. The average molecular weight is 290 g/mol. The molecule has 1 atom stereocenters. The molecule has 1 unspecified atom stereocenters. The van der Waals surface area contributed by atoms with Gasteiger partial charge in [-0.15, -0.1) is 0 Å². The molecule has 21 heavy (non-hydrogen) atoms. The van der Waals surface area contributed by atoms with Crippen molar-refractivity contribution in [1.29, 1.82) is 0 Å². The Hall–Kier alpha value is -1.55. The number of ether oxygens (including phenoxy) is 1. The number of para-hydroxylation sites is 1. The van der Waals surface area contributed by atoms with Crippen molar-refractivity contribution in [3.8, 4) is 0 Å². The summed E-state index contributed by atoms with van der Waals surface area (Å²) in [6, 6.07) is 6.07. The Morgan fingerprint density at radius 1 is 1.38 bits per heavy atom. The second kappa shape index (κ2) is 7.46. The van der Waals surface area contributed by atoms with Crippen LogP contribution in [-0.2, 0) is 4.74 Å². The fourth-order valence-corrected chi connectivity index (χ4v) is 2.78. The molecule has 2 rings (SSSR count). The predicted molar refractivity (Wildman–Crippen MR) is 85.7 cm³/mol. The lowest BCUT2D eigenvalue weighted by Gasteiger charge is -2.26. The lowest BCUT2D eigenvalue weighted by molar-refractivity contribution is 0.169. The van der Waals surface area contributed by atoms with Crippen molar-refractivity contribution < 1.29 is 9.53 Å². The van der Waals surface area contributed by atoms with Crippen LogP contribution in [0.15, 0.2) is 18.2 Å². The average Bonchev–Trinajstić information content (AvgIpc) is 2.95. The normalized spacial score (nSPS) is 17.8. The fourth-order valence-electron chi connectivity index (χ4n) is 2.78. The zero-order valence-electron chi connectivity index (χ0n) is 13.3. The molecule has 1 aliphatic heterocycles. The van der Waals surface area contributed by atoms with Crippen molar-refractivity contribution >= 4 is 11.7 Å². The summed E-state index contributed by atoms with van der Waals surface area (Å²) >= 11 is 0. The summed E-state index contributed by atoms with van der Waals surface area (Å²) < 4.78 is 5.41. The van der Waals surface area contributed by atoms with Crippen LogP contribution in [-0.4, -0.2) is 37.2 Å². The largest absolute Gasteiger partial charge is 0.381 e. The van der Waals surface area contributed by atoms with Gasteiger partial charge < -0.3 is 15.0 Å². The summed E-state index contributed by atoms with van der Waals surface area (Å²) in [5, 5.41) is 3.08. The third-order valence-electron chi connectivity index (χ3n) is 4.00. The van der Waals surface area contributed by atoms with Crippen LogP contribution in [0.5, 0.6) is 0 Å². The highest BCUT2D eigenvalue weighted by Gasteiger charge is 2.22. The topological polar surface area (TPSA) is 41.6 Å². The Balaban J connectivity index is 2.03. The summed E-state index contributed by atoms with van der Waals surface area (Å²) in [6.07, 6.45) is 2.02. The number of nitrogens with one attached hydrogen (secondary N) is 1. The number of anilines is 1. The van der Waals surface area contributed by atoms with Crippen LogP contribution in [0, 0.1) is 19.8 Å². The van der Waals surface area contributed by atoms with Gasteiger partial charge in [0, 0.05) is 31.3 Å². The van der Waals surface area contributed by atoms with Gasteiger partial charge in [-0.3, -0.25) is 0 Å². The van der Waals surface area contributed by atoms with E-state index in [1.807, 2.05) is 36.9 Å². The zero-order chi connectivity index (χ0) is 15.2. The lowest BCUT2D eigenvalue weighted by Crippen LogP contribution is -2.39. The highest BCUT2D eigenvalue weighted by molar-refractivity contribution is 5.91. The first kappa shape index (κ1) is 15.8. The molecule has 1 N–H and O–H groups in total. The third kappa shape index (κ3) is 4.21. The van der Waals surface area contributed by atoms with Gasteiger partial charge in [-0.2, -0.15) is 0 Å². The van der Waals surface area contributed by atoms with Gasteiger partial charge in [0.15, 0.2) is 0 Å². The number of carbonyl (C=O) groups excluding carboxylic acids is 1. The highest BCUT2D eigenvalue weighted by atomic mass is 16.5. The molecule has 1 heterocycles. The molecule has 0 radical (unpaired) electrons. The summed E-state index contributed by atoms with van der Waals surface area (Å²) in [6.45, 7) is 9.32. The van der Waals surface area contributed by atoms with Crippen molar-refractivity contribution in [2.24, 2.45) is 5.92 Å². The van der Waals surface area contributed by atoms with E-state index >= 15 is 0 Å². The van der Waals surface area contributed by atoms with Crippen molar-refractivity contribution in [3.63, 3.8) is 0 Å². The fraction of sp³-hybridized carbons (Fsp3) is 0.588. The Bertz CT molecular complexity index is 461. The summed E-state index contributed by atoms with van der Waals surface area (Å²) in [4.78, 5) is 14.5. The second-order valence-corrected chi connectivity index (χ2v) is 5.87. The van der Waals surface area contributed by atoms with E-state index in [0.717, 1.165) is 56.0 Å². The van der Waals surface area contributed by atoms with Gasteiger partial charge in [-0.1, -0.05) is 25.1 Å². The van der Waals surface area contributed by atoms with Crippen LogP contribution in [0.25, 0.3) is 0 Å². The summed E-state index contributed by atoms with van der Waals surface area (Å²) in [5.41, 5.74) is 3.14. The number of amides is 2. The molecule has 1 saturated heterocycles. The van der Waals surface area contributed by atoms with Crippen LogP contribution in [0.2, 0.25) is 0 Å². The number of rotatable bonds is 5. The second-order valence-electron chi connectivity index (χ2n) is 5.87. The molecule has 0 bridgehead atoms. The van der Waals surface area contributed by atoms with Gasteiger partial charge in [0.2, 0.25) is 0 Å². The number of hydrogen-bond donors (Lipinski definition) is 1. The molecule has 1 fully saturated rings. The minimum atomic E-state index is 0.00106. The predicted octanol–water partition coefficient (Wildman–Crippen LogP) is 3.58. The zero-order valence-corrected chi connectivity index (χ0v) is 13.3. The molecule has 4 heteroatoms. The van der Waals surface area contributed by atoms with Gasteiger partial charge in [0.25, 0.3) is 0 Å². The van der Waals surface area contributed by atoms with E-state index in [2.05, 4.69) is 12.2 Å². The van der Waals surface area contributed by atoms with Gasteiger partial charge >= 0.3 is 6.03 Å². The third-order valence-corrected chi connectivity index (χ3v) is 4.00. The van der Waals surface area contributed by atoms with E-state index in [1.165, 1.54) is 0 Å². The number of nitrogens with zero attached hydrogens (tertiary/aromatic N) is 1. The Labute approximate surface area is 127 Å². The molecule has 116 valence electrons. The molecule has 1 aromatic carbocycles. The number of hydrogen-bond acceptors (Lipinski definition) is 2. The van der Waals surface area contributed by atoms with E-state index in [1.54, 1.807) is 0 Å². The van der Waals surface area contributed by atoms with Crippen LogP contribution in [0.3, 0.4) is 0 Å². The molecule has 2 amide bonds. The van der Waals surface area contributed by atoms with Crippen molar-refractivity contribution in [1.82, 2.24) is 4.90 Å². The maximum absolute atomic E-state index is 12.6. The maximum atomic E-state index is 12.6. The quantitative estimate of drug-likeness (QED) is 0.900. The van der Waals surface area contributed by atoms with Crippen molar-refractivity contribution in [3.05, 3.63) is 29.3 Å². The summed E-state index contributed by atoms with van der Waals surface area (Å²) in [5.74, 6) is 0.472. The van der Waals surface area contributed by atoms with Gasteiger partial charge in [0.05, 0.1) is 6.61 Å². The molecule has 0 saturated carbocycles. The van der Waals surface area contributed by atoms with E-state index < -0.39 is 0 Å². The number of carbonyl (C=O) groups is 1. The van der Waals surface area contributed by atoms with E-state index in [-0.39, 0.29) is 6.03 Å². The van der Waals surface area contributed by atoms with Crippen molar-refractivity contribution in [2.75, 3.05) is 31.6 Å². The number of benzene rings is 1. The molecule has 0 aromatic heterocycles. The summed E-state index contributed by atoms with van der Waals surface area (Å²) in [7, 11) is 0. The minimum Gasteiger partial charge on any atom is -0.381 e. The minimum absolute atomic E-state index is 0.00106. The molecule has 1 aromatic rings. The Morgan fingerprint density at radius 2 is 2.10 bits per heavy atom. The van der Waals surface area contributed by atoms with Crippen LogP contribution < -0.4 is 5.32 Å². The van der Waals surface area contributed by atoms with Crippen molar-refractivity contribution in [2.45, 2.75) is 33.6 Å². The molecule has 1 aliphatic rings. The van der Waals surface area contributed by atoms with Crippen LogP contribution in [0.4, 0.5) is 10.5 Å². The highest BCUT2D eigenvalue weighted by Crippen LogP contribution is 2.21. The first-order valence-electron chi connectivity index (χ1n) is 7.81. The molecule has 0 spiro atoms. The lowest BCUT2D eigenvalue weighted by atomic mass is 10.1. The van der Waals surface area contributed by atoms with Gasteiger partial charge in [-0.05, 0) is 37.8 Å². The first-order chi connectivity index (χ1) is 10.1. The monoisotopic (exact) mass is 290 g/mol. The molecular weight excluding hydrogens is 264 g/mol. The van der Waals surface area contributed by atoms with E-state index in [4.69, 9.17) is 4.74 Å². The SMILES string of the molecule is CCCN(CC1CCOC1)C(=O)Nc1c(C)cccc1C. The van der Waals surface area contributed by atoms with E-state index in [9.17, 15) is 4.79 Å². The van der Waals surface area contributed by atoms with E-state index in [0.29, 0.717) is 5.92 Å². The Morgan fingerprint density at radius 3 is 2.67 bits per heavy atom. The van der Waals surface area contributed by atoms with Gasteiger partial charge in [0.1, 0.15) is 0 Å². The Kier molecular flexibility index (Phi) is 5.62. The van der Waals surface area contributed by atoms with Gasteiger partial charge in [-0.25, -0.2) is 4.79 Å². The van der Waals surface area contributed by atoms with Crippen LogP contribution >= 0.6 is 0 Å². The number of urea groups is 1. The van der Waals surface area contributed by atoms with Crippen LogP contribution in [0.1, 0.15) is 30.9 Å². The molecule has 0 aliphatic carbocycles. The number of aryl methyl sites for hydroxylation is 2. The first-order valence-corrected chi connectivity index (χ1v) is 7.81. The smallest absolute Gasteiger partial charge is 0.321 e.